The fraction of sp³-hybridized carbons (Fsp3) is 0.235. The van der Waals surface area contributed by atoms with E-state index in [1.54, 1.807) is 24.3 Å². The molecule has 3 heteroatoms. The van der Waals surface area contributed by atoms with Crippen LogP contribution in [0.25, 0.3) is 0 Å². The first kappa shape index (κ1) is 14.1. The monoisotopic (exact) mass is 268 g/mol. The van der Waals surface area contributed by atoms with E-state index in [9.17, 15) is 4.79 Å². The molecule has 0 aliphatic rings. The molecule has 0 aliphatic carbocycles. The van der Waals surface area contributed by atoms with Crippen LogP contribution in [0.3, 0.4) is 0 Å². The molecule has 2 aromatic rings. The molecule has 1 unspecified atom stereocenters. The molecule has 2 aromatic carbocycles. The number of anilines is 1. The molecule has 0 radical (unpaired) electrons. The summed E-state index contributed by atoms with van der Waals surface area (Å²) in [5.74, 6) is -0.0848. The standard InChI is InChI=1S/C17H20N2O/c1-12-6-3-4-7-14(12)10-13(2)19-17(20)15-8-5-9-16(18)11-15/h3-9,11,13H,10,18H2,1-2H3,(H,19,20). The number of hydrogen-bond acceptors (Lipinski definition) is 2. The Kier molecular flexibility index (Phi) is 4.41. The Morgan fingerprint density at radius 2 is 1.95 bits per heavy atom. The topological polar surface area (TPSA) is 55.1 Å². The highest BCUT2D eigenvalue weighted by Gasteiger charge is 2.11. The maximum atomic E-state index is 12.1. The number of benzene rings is 2. The first-order chi connectivity index (χ1) is 9.56. The third-order valence-electron chi connectivity index (χ3n) is 3.31. The first-order valence-corrected chi connectivity index (χ1v) is 6.77. The molecule has 3 nitrogen and oxygen atoms in total. The Morgan fingerprint density at radius 3 is 2.65 bits per heavy atom. The molecule has 1 atom stereocenters. The number of rotatable bonds is 4. The van der Waals surface area contributed by atoms with Crippen LogP contribution in [0.1, 0.15) is 28.4 Å². The van der Waals surface area contributed by atoms with Crippen LogP contribution in [0.5, 0.6) is 0 Å². The maximum absolute atomic E-state index is 12.1. The van der Waals surface area contributed by atoms with Gasteiger partial charge in [-0.2, -0.15) is 0 Å². The van der Waals surface area contributed by atoms with Crippen molar-refractivity contribution in [3.05, 3.63) is 65.2 Å². The average Bonchev–Trinajstić information content (AvgIpc) is 2.41. The highest BCUT2D eigenvalue weighted by molar-refractivity contribution is 5.95. The van der Waals surface area contributed by atoms with Gasteiger partial charge in [0.2, 0.25) is 0 Å². The van der Waals surface area contributed by atoms with E-state index in [0.29, 0.717) is 11.3 Å². The molecule has 0 saturated carbocycles. The molecule has 1 amide bonds. The summed E-state index contributed by atoms with van der Waals surface area (Å²) >= 11 is 0. The summed E-state index contributed by atoms with van der Waals surface area (Å²) in [5, 5.41) is 3.00. The predicted octanol–water partition coefficient (Wildman–Crippen LogP) is 2.94. The zero-order valence-corrected chi connectivity index (χ0v) is 11.9. The molecule has 0 saturated heterocycles. The van der Waals surface area contributed by atoms with Crippen LogP contribution in [-0.2, 0) is 6.42 Å². The van der Waals surface area contributed by atoms with E-state index in [0.717, 1.165) is 6.42 Å². The number of aryl methyl sites for hydroxylation is 1. The Hall–Kier alpha value is -2.29. The van der Waals surface area contributed by atoms with Crippen LogP contribution < -0.4 is 11.1 Å². The van der Waals surface area contributed by atoms with Crippen LogP contribution >= 0.6 is 0 Å². The van der Waals surface area contributed by atoms with Crippen LogP contribution in [0, 0.1) is 6.92 Å². The molecule has 0 fully saturated rings. The molecule has 0 spiro atoms. The number of hydrogen-bond donors (Lipinski definition) is 2. The van der Waals surface area contributed by atoms with Gasteiger partial charge in [0.25, 0.3) is 5.91 Å². The summed E-state index contributed by atoms with van der Waals surface area (Å²) in [6, 6.07) is 15.3. The molecule has 3 N–H and O–H groups in total. The van der Waals surface area contributed by atoms with Crippen molar-refractivity contribution in [2.75, 3.05) is 5.73 Å². The summed E-state index contributed by atoms with van der Waals surface area (Å²) in [6.45, 7) is 4.10. The minimum atomic E-state index is -0.0848. The van der Waals surface area contributed by atoms with Gasteiger partial charge in [0.05, 0.1) is 0 Å². The number of amides is 1. The molecule has 2 rings (SSSR count). The van der Waals surface area contributed by atoms with Gasteiger partial charge in [0, 0.05) is 17.3 Å². The number of carbonyl (C=O) groups is 1. The Morgan fingerprint density at radius 1 is 1.20 bits per heavy atom. The fourth-order valence-corrected chi connectivity index (χ4v) is 2.21. The van der Waals surface area contributed by atoms with Crippen LogP contribution in [0.4, 0.5) is 5.69 Å². The van der Waals surface area contributed by atoms with Gasteiger partial charge in [-0.05, 0) is 49.6 Å². The zero-order valence-electron chi connectivity index (χ0n) is 11.9. The van der Waals surface area contributed by atoms with Crippen molar-refractivity contribution >= 4 is 11.6 Å². The molecular weight excluding hydrogens is 248 g/mol. The predicted molar refractivity (Wildman–Crippen MR) is 82.7 cm³/mol. The molecule has 20 heavy (non-hydrogen) atoms. The highest BCUT2D eigenvalue weighted by atomic mass is 16.1. The third-order valence-corrected chi connectivity index (χ3v) is 3.31. The second-order valence-electron chi connectivity index (χ2n) is 5.13. The Balaban J connectivity index is 2.00. The highest BCUT2D eigenvalue weighted by Crippen LogP contribution is 2.11. The lowest BCUT2D eigenvalue weighted by molar-refractivity contribution is 0.0940. The van der Waals surface area contributed by atoms with Gasteiger partial charge in [-0.25, -0.2) is 0 Å². The van der Waals surface area contributed by atoms with Crippen molar-refractivity contribution in [1.29, 1.82) is 0 Å². The van der Waals surface area contributed by atoms with Crippen molar-refractivity contribution in [3.63, 3.8) is 0 Å². The van der Waals surface area contributed by atoms with Crippen molar-refractivity contribution in [3.8, 4) is 0 Å². The van der Waals surface area contributed by atoms with Gasteiger partial charge in [-0.1, -0.05) is 30.3 Å². The fourth-order valence-electron chi connectivity index (χ4n) is 2.21. The zero-order chi connectivity index (χ0) is 14.5. The maximum Gasteiger partial charge on any atom is 0.251 e. The summed E-state index contributed by atoms with van der Waals surface area (Å²) in [6.07, 6.45) is 0.820. The summed E-state index contributed by atoms with van der Waals surface area (Å²) in [5.41, 5.74) is 9.40. The van der Waals surface area contributed by atoms with Crippen molar-refractivity contribution < 1.29 is 4.79 Å². The van der Waals surface area contributed by atoms with Crippen molar-refractivity contribution in [2.24, 2.45) is 0 Å². The molecule has 0 heterocycles. The summed E-state index contributed by atoms with van der Waals surface area (Å²) < 4.78 is 0. The third kappa shape index (κ3) is 3.60. The minimum Gasteiger partial charge on any atom is -0.399 e. The van der Waals surface area contributed by atoms with Gasteiger partial charge < -0.3 is 11.1 Å². The molecule has 0 bridgehead atoms. The smallest absolute Gasteiger partial charge is 0.251 e. The summed E-state index contributed by atoms with van der Waals surface area (Å²) in [4.78, 5) is 12.1. The van der Waals surface area contributed by atoms with E-state index in [-0.39, 0.29) is 11.9 Å². The SMILES string of the molecule is Cc1ccccc1CC(C)NC(=O)c1cccc(N)c1. The van der Waals surface area contributed by atoms with E-state index < -0.39 is 0 Å². The number of nitrogen functional groups attached to an aromatic ring is 1. The molecular formula is C17H20N2O. The molecule has 0 aromatic heterocycles. The van der Waals surface area contributed by atoms with E-state index in [1.165, 1.54) is 11.1 Å². The molecule has 104 valence electrons. The van der Waals surface area contributed by atoms with Gasteiger partial charge in [0.15, 0.2) is 0 Å². The summed E-state index contributed by atoms with van der Waals surface area (Å²) in [7, 11) is 0. The lowest BCUT2D eigenvalue weighted by Gasteiger charge is -2.15. The largest absolute Gasteiger partial charge is 0.399 e. The van der Waals surface area contributed by atoms with E-state index >= 15 is 0 Å². The number of nitrogens with two attached hydrogens (primary N) is 1. The van der Waals surface area contributed by atoms with Crippen LogP contribution in [-0.4, -0.2) is 11.9 Å². The number of carbonyl (C=O) groups excluding carboxylic acids is 1. The van der Waals surface area contributed by atoms with Gasteiger partial charge in [0.1, 0.15) is 0 Å². The lowest BCUT2D eigenvalue weighted by atomic mass is 10.0. The second kappa shape index (κ2) is 6.24. The molecule has 0 aliphatic heterocycles. The van der Waals surface area contributed by atoms with Gasteiger partial charge in [-0.15, -0.1) is 0 Å². The second-order valence-corrected chi connectivity index (χ2v) is 5.13. The van der Waals surface area contributed by atoms with Crippen LogP contribution in [0.15, 0.2) is 48.5 Å². The van der Waals surface area contributed by atoms with Crippen molar-refractivity contribution in [2.45, 2.75) is 26.3 Å². The van der Waals surface area contributed by atoms with E-state index in [2.05, 4.69) is 24.4 Å². The normalized spacial score (nSPS) is 11.9. The average molecular weight is 268 g/mol. The number of nitrogens with one attached hydrogen (secondary N) is 1. The first-order valence-electron chi connectivity index (χ1n) is 6.77. The van der Waals surface area contributed by atoms with Crippen molar-refractivity contribution in [1.82, 2.24) is 5.32 Å². The lowest BCUT2D eigenvalue weighted by Crippen LogP contribution is -2.34. The Labute approximate surface area is 119 Å². The van der Waals surface area contributed by atoms with Gasteiger partial charge >= 0.3 is 0 Å². The minimum absolute atomic E-state index is 0.0741. The van der Waals surface area contributed by atoms with Gasteiger partial charge in [-0.3, -0.25) is 4.79 Å². The Bertz CT molecular complexity index is 607. The quantitative estimate of drug-likeness (QED) is 0.838. The van der Waals surface area contributed by atoms with E-state index in [1.807, 2.05) is 19.1 Å². The van der Waals surface area contributed by atoms with Crippen LogP contribution in [0.2, 0.25) is 0 Å². The van der Waals surface area contributed by atoms with E-state index in [4.69, 9.17) is 5.73 Å².